The molecule has 0 aliphatic heterocycles. The number of nitrogens with one attached hydrogen (secondary N) is 1. The van der Waals surface area contributed by atoms with Crippen LogP contribution in [0.1, 0.15) is 22.8 Å². The minimum atomic E-state index is -3.66. The highest BCUT2D eigenvalue weighted by atomic mass is 32.2. The molecule has 2 aromatic carbocycles. The topological polar surface area (TPSA) is 84.9 Å². The number of carbonyl (C=O) groups is 1. The predicted molar refractivity (Wildman–Crippen MR) is 107 cm³/mol. The Balaban J connectivity index is 2.25. The summed E-state index contributed by atoms with van der Waals surface area (Å²) in [6, 6.07) is 13.0. The van der Waals surface area contributed by atoms with Gasteiger partial charge in [0.1, 0.15) is 5.75 Å². The third kappa shape index (κ3) is 5.31. The summed E-state index contributed by atoms with van der Waals surface area (Å²) < 4.78 is 37.1. The SMILES string of the molecule is COC[C@H](C)NC(=O)c1ccc(OC)c(CN(C)S(=O)(=O)c2ccccc2)c1. The first-order chi connectivity index (χ1) is 13.3. The van der Waals surface area contributed by atoms with Crippen LogP contribution in [0.2, 0.25) is 0 Å². The minimum Gasteiger partial charge on any atom is -0.496 e. The zero-order chi connectivity index (χ0) is 20.7. The van der Waals surface area contributed by atoms with Crippen LogP contribution in [0, 0.1) is 0 Å². The van der Waals surface area contributed by atoms with Crippen LogP contribution in [0.15, 0.2) is 53.4 Å². The molecule has 0 aliphatic rings. The first-order valence-corrected chi connectivity index (χ1v) is 10.2. The Morgan fingerprint density at radius 2 is 1.82 bits per heavy atom. The molecule has 152 valence electrons. The van der Waals surface area contributed by atoms with Crippen LogP contribution in [-0.4, -0.2) is 52.5 Å². The van der Waals surface area contributed by atoms with Gasteiger partial charge in [-0.15, -0.1) is 0 Å². The fourth-order valence-electron chi connectivity index (χ4n) is 2.74. The lowest BCUT2D eigenvalue weighted by Gasteiger charge is -2.20. The van der Waals surface area contributed by atoms with Crippen LogP contribution in [-0.2, 0) is 21.3 Å². The van der Waals surface area contributed by atoms with E-state index >= 15 is 0 Å². The van der Waals surface area contributed by atoms with E-state index in [-0.39, 0.29) is 23.4 Å². The van der Waals surface area contributed by atoms with Crippen molar-refractivity contribution in [3.8, 4) is 5.75 Å². The zero-order valence-electron chi connectivity index (χ0n) is 16.5. The van der Waals surface area contributed by atoms with Gasteiger partial charge in [0, 0.05) is 37.9 Å². The molecule has 2 aromatic rings. The molecule has 7 nitrogen and oxygen atoms in total. The zero-order valence-corrected chi connectivity index (χ0v) is 17.3. The van der Waals surface area contributed by atoms with E-state index in [0.29, 0.717) is 23.5 Å². The van der Waals surface area contributed by atoms with Gasteiger partial charge in [-0.3, -0.25) is 4.79 Å². The number of carbonyl (C=O) groups excluding carboxylic acids is 1. The molecule has 0 radical (unpaired) electrons. The fraction of sp³-hybridized carbons (Fsp3) is 0.350. The Hall–Kier alpha value is -2.42. The van der Waals surface area contributed by atoms with Crippen molar-refractivity contribution in [2.24, 2.45) is 0 Å². The van der Waals surface area contributed by atoms with Crippen molar-refractivity contribution in [2.45, 2.75) is 24.4 Å². The van der Waals surface area contributed by atoms with Gasteiger partial charge in [-0.1, -0.05) is 18.2 Å². The van der Waals surface area contributed by atoms with Crippen molar-refractivity contribution in [2.75, 3.05) is 27.9 Å². The molecule has 0 saturated carbocycles. The summed E-state index contributed by atoms with van der Waals surface area (Å²) in [5.74, 6) is 0.249. The standard InChI is InChI=1S/C20H26N2O5S/c1-15(14-26-3)21-20(23)16-10-11-19(27-4)17(12-16)13-22(2)28(24,25)18-8-6-5-7-9-18/h5-12,15H,13-14H2,1-4H3,(H,21,23)/t15-/m0/s1. The first-order valence-electron chi connectivity index (χ1n) is 8.77. The van der Waals surface area contributed by atoms with Crippen molar-refractivity contribution in [3.05, 3.63) is 59.7 Å². The van der Waals surface area contributed by atoms with E-state index in [2.05, 4.69) is 5.32 Å². The molecule has 2 rings (SSSR count). The highest BCUT2D eigenvalue weighted by molar-refractivity contribution is 7.89. The van der Waals surface area contributed by atoms with E-state index in [1.165, 1.54) is 18.5 Å². The minimum absolute atomic E-state index is 0.0646. The Labute approximate surface area is 166 Å². The van der Waals surface area contributed by atoms with Gasteiger partial charge in [-0.2, -0.15) is 4.31 Å². The Morgan fingerprint density at radius 3 is 2.43 bits per heavy atom. The summed E-state index contributed by atoms with van der Waals surface area (Å²) in [6.45, 7) is 2.30. The third-order valence-corrected chi connectivity index (χ3v) is 6.00. The smallest absolute Gasteiger partial charge is 0.251 e. The van der Waals surface area contributed by atoms with Gasteiger partial charge in [0.25, 0.3) is 5.91 Å². The first kappa shape index (κ1) is 21.9. The van der Waals surface area contributed by atoms with Gasteiger partial charge < -0.3 is 14.8 Å². The number of rotatable bonds is 9. The summed E-state index contributed by atoms with van der Waals surface area (Å²) in [6.07, 6.45) is 0. The van der Waals surface area contributed by atoms with Gasteiger partial charge >= 0.3 is 0 Å². The van der Waals surface area contributed by atoms with Crippen molar-refractivity contribution < 1.29 is 22.7 Å². The molecule has 0 saturated heterocycles. The van der Waals surface area contributed by atoms with E-state index < -0.39 is 10.0 Å². The summed E-state index contributed by atoms with van der Waals surface area (Å²) in [7, 11) is 0.906. The number of methoxy groups -OCH3 is 2. The summed E-state index contributed by atoms with van der Waals surface area (Å²) in [5.41, 5.74) is 1.01. The van der Waals surface area contributed by atoms with Crippen LogP contribution in [0.3, 0.4) is 0 Å². The Kier molecular flexibility index (Phi) is 7.56. The van der Waals surface area contributed by atoms with Crippen molar-refractivity contribution >= 4 is 15.9 Å². The molecule has 28 heavy (non-hydrogen) atoms. The van der Waals surface area contributed by atoms with Crippen molar-refractivity contribution in [1.29, 1.82) is 0 Å². The summed E-state index contributed by atoms with van der Waals surface area (Å²) in [4.78, 5) is 12.7. The van der Waals surface area contributed by atoms with Crippen molar-refractivity contribution in [1.82, 2.24) is 9.62 Å². The Morgan fingerprint density at radius 1 is 1.14 bits per heavy atom. The monoisotopic (exact) mass is 406 g/mol. The van der Waals surface area contributed by atoms with Crippen LogP contribution in [0.25, 0.3) is 0 Å². The lowest BCUT2D eigenvalue weighted by Crippen LogP contribution is -2.35. The highest BCUT2D eigenvalue weighted by Crippen LogP contribution is 2.24. The summed E-state index contributed by atoms with van der Waals surface area (Å²) >= 11 is 0. The van der Waals surface area contributed by atoms with Gasteiger partial charge in [-0.05, 0) is 37.3 Å². The highest BCUT2D eigenvalue weighted by Gasteiger charge is 2.22. The second-order valence-corrected chi connectivity index (χ2v) is 8.48. The molecular formula is C20H26N2O5S. The molecular weight excluding hydrogens is 380 g/mol. The quantitative estimate of drug-likeness (QED) is 0.691. The maximum Gasteiger partial charge on any atom is 0.251 e. The molecule has 1 N–H and O–H groups in total. The average molecular weight is 407 g/mol. The molecule has 1 atom stereocenters. The maximum atomic E-state index is 12.8. The number of hydrogen-bond acceptors (Lipinski definition) is 5. The molecule has 0 aliphatic carbocycles. The van der Waals surface area contributed by atoms with E-state index in [1.807, 2.05) is 6.92 Å². The average Bonchev–Trinajstić information content (AvgIpc) is 2.68. The third-order valence-electron chi connectivity index (χ3n) is 4.18. The van der Waals surface area contributed by atoms with Gasteiger partial charge in [0.05, 0.1) is 18.6 Å². The lowest BCUT2D eigenvalue weighted by atomic mass is 10.1. The number of nitrogens with zero attached hydrogens (tertiary/aromatic N) is 1. The van der Waals surface area contributed by atoms with E-state index in [9.17, 15) is 13.2 Å². The molecule has 8 heteroatoms. The van der Waals surface area contributed by atoms with Crippen LogP contribution in [0.4, 0.5) is 0 Å². The van der Waals surface area contributed by atoms with Gasteiger partial charge in [0.15, 0.2) is 0 Å². The van der Waals surface area contributed by atoms with Crippen LogP contribution >= 0.6 is 0 Å². The second kappa shape index (κ2) is 9.68. The normalized spacial score (nSPS) is 12.6. The number of ether oxygens (including phenoxy) is 2. The fourth-order valence-corrected chi connectivity index (χ4v) is 3.91. The van der Waals surface area contributed by atoms with Crippen LogP contribution in [0.5, 0.6) is 5.75 Å². The molecule has 0 bridgehead atoms. The lowest BCUT2D eigenvalue weighted by molar-refractivity contribution is 0.0905. The largest absolute Gasteiger partial charge is 0.496 e. The molecule has 1 amide bonds. The van der Waals surface area contributed by atoms with E-state index in [1.54, 1.807) is 55.6 Å². The van der Waals surface area contributed by atoms with Gasteiger partial charge in [0.2, 0.25) is 10.0 Å². The van der Waals surface area contributed by atoms with Crippen molar-refractivity contribution in [3.63, 3.8) is 0 Å². The van der Waals surface area contributed by atoms with E-state index in [4.69, 9.17) is 9.47 Å². The van der Waals surface area contributed by atoms with Gasteiger partial charge in [-0.25, -0.2) is 8.42 Å². The second-order valence-electron chi connectivity index (χ2n) is 6.43. The molecule has 0 fully saturated rings. The number of hydrogen-bond donors (Lipinski definition) is 1. The molecule has 0 heterocycles. The summed E-state index contributed by atoms with van der Waals surface area (Å²) in [5, 5.41) is 2.83. The van der Waals surface area contributed by atoms with E-state index in [0.717, 1.165) is 0 Å². The molecule has 0 aromatic heterocycles. The Bertz CT molecular complexity index is 900. The molecule has 0 unspecified atom stereocenters. The van der Waals surface area contributed by atoms with Crippen LogP contribution < -0.4 is 10.1 Å². The number of sulfonamides is 1. The maximum absolute atomic E-state index is 12.8. The number of amides is 1. The predicted octanol–water partition coefficient (Wildman–Crippen LogP) is 2.28. The molecule has 0 spiro atoms. The number of benzene rings is 2.